The van der Waals surface area contributed by atoms with Crippen molar-refractivity contribution in [3.63, 3.8) is 0 Å². The topological polar surface area (TPSA) is 46.6 Å². The Morgan fingerprint density at radius 2 is 1.83 bits per heavy atom. The number of hydrogen-bond donors (Lipinski definition) is 0. The van der Waals surface area contributed by atoms with Crippen molar-refractivity contribution >= 4 is 11.6 Å². The minimum atomic E-state index is -0.503. The van der Waals surface area contributed by atoms with Gasteiger partial charge in [-0.05, 0) is 42.4 Å². The zero-order valence-corrected chi connectivity index (χ0v) is 14.3. The normalized spacial score (nSPS) is 29.2. The first-order valence-electron chi connectivity index (χ1n) is 9.04. The molecule has 2 heterocycles. The predicted molar refractivity (Wildman–Crippen MR) is 90.9 cm³/mol. The van der Waals surface area contributed by atoms with Crippen LogP contribution in [0.5, 0.6) is 5.75 Å². The van der Waals surface area contributed by atoms with Crippen LogP contribution < -0.4 is 4.74 Å². The quantitative estimate of drug-likeness (QED) is 0.800. The first-order valence-corrected chi connectivity index (χ1v) is 9.04. The second kappa shape index (κ2) is 5.99. The molecular formula is C20H25NO3. The molecule has 3 fully saturated rings. The molecule has 128 valence electrons. The average Bonchev–Trinajstić information content (AvgIpc) is 3.10. The Morgan fingerprint density at radius 3 is 2.50 bits per heavy atom. The van der Waals surface area contributed by atoms with Crippen LogP contribution in [-0.2, 0) is 16.1 Å². The van der Waals surface area contributed by atoms with Gasteiger partial charge in [-0.3, -0.25) is 14.5 Å². The third-order valence-electron chi connectivity index (χ3n) is 6.25. The van der Waals surface area contributed by atoms with Gasteiger partial charge in [-0.2, -0.15) is 0 Å². The first kappa shape index (κ1) is 15.8. The molecule has 2 saturated heterocycles. The van der Waals surface area contributed by atoms with E-state index in [9.17, 15) is 9.59 Å². The summed E-state index contributed by atoms with van der Waals surface area (Å²) >= 11 is 0. The zero-order chi connectivity index (χ0) is 16.7. The van der Waals surface area contributed by atoms with Gasteiger partial charge in [0.1, 0.15) is 11.8 Å². The first-order chi connectivity index (χ1) is 11.6. The summed E-state index contributed by atoms with van der Waals surface area (Å²) in [6.45, 7) is 0.673. The van der Waals surface area contributed by atoms with Gasteiger partial charge in [0.25, 0.3) is 0 Å². The lowest BCUT2D eigenvalue weighted by Gasteiger charge is -2.31. The largest absolute Gasteiger partial charge is 0.497 e. The zero-order valence-electron chi connectivity index (χ0n) is 14.3. The smallest absolute Gasteiger partial charge is 0.159 e. The van der Waals surface area contributed by atoms with E-state index in [0.29, 0.717) is 19.4 Å². The number of ether oxygens (including phenoxy) is 1. The summed E-state index contributed by atoms with van der Waals surface area (Å²) in [4.78, 5) is 27.5. The molecule has 24 heavy (non-hydrogen) atoms. The van der Waals surface area contributed by atoms with Crippen molar-refractivity contribution in [1.82, 2.24) is 4.90 Å². The van der Waals surface area contributed by atoms with E-state index >= 15 is 0 Å². The third kappa shape index (κ3) is 2.67. The fraction of sp³-hybridized carbons (Fsp3) is 0.600. The van der Waals surface area contributed by atoms with Gasteiger partial charge in [-0.1, -0.05) is 25.0 Å². The van der Waals surface area contributed by atoms with Gasteiger partial charge in [-0.25, -0.2) is 0 Å². The molecule has 4 rings (SSSR count). The van der Waals surface area contributed by atoms with E-state index in [2.05, 4.69) is 4.90 Å². The molecule has 1 aromatic carbocycles. The Labute approximate surface area is 143 Å². The number of methoxy groups -OCH3 is 1. The van der Waals surface area contributed by atoms with Gasteiger partial charge in [0, 0.05) is 25.4 Å². The van der Waals surface area contributed by atoms with Gasteiger partial charge in [-0.15, -0.1) is 0 Å². The molecule has 0 amide bonds. The number of benzene rings is 1. The molecule has 0 unspecified atom stereocenters. The maximum atomic E-state index is 12.9. The molecule has 4 heteroatoms. The van der Waals surface area contributed by atoms with E-state index in [1.54, 1.807) is 7.11 Å². The van der Waals surface area contributed by atoms with E-state index in [0.717, 1.165) is 30.6 Å². The van der Waals surface area contributed by atoms with Crippen LogP contribution in [0.1, 0.15) is 50.5 Å². The van der Waals surface area contributed by atoms with Crippen LogP contribution in [0.2, 0.25) is 0 Å². The number of hydrogen-bond acceptors (Lipinski definition) is 4. The van der Waals surface area contributed by atoms with Crippen molar-refractivity contribution < 1.29 is 14.3 Å². The molecule has 2 aliphatic heterocycles. The molecule has 0 radical (unpaired) electrons. The maximum Gasteiger partial charge on any atom is 0.159 e. The highest BCUT2D eigenvalue weighted by Gasteiger charge is 2.52. The molecule has 0 N–H and O–H groups in total. The number of nitrogens with zero attached hydrogens (tertiary/aromatic N) is 1. The second-order valence-corrected chi connectivity index (χ2v) is 7.80. The van der Waals surface area contributed by atoms with Crippen molar-refractivity contribution in [3.05, 3.63) is 29.8 Å². The average molecular weight is 327 g/mol. The van der Waals surface area contributed by atoms with E-state index < -0.39 is 6.04 Å². The van der Waals surface area contributed by atoms with Gasteiger partial charge in [0.15, 0.2) is 11.6 Å². The summed E-state index contributed by atoms with van der Waals surface area (Å²) in [6, 6.07) is 7.67. The maximum absolute atomic E-state index is 12.9. The van der Waals surface area contributed by atoms with Crippen LogP contribution in [0.25, 0.3) is 0 Å². The molecule has 3 aliphatic rings. The highest BCUT2D eigenvalue weighted by atomic mass is 16.5. The summed E-state index contributed by atoms with van der Waals surface area (Å²) in [7, 11) is 1.66. The summed E-state index contributed by atoms with van der Waals surface area (Å²) < 4.78 is 5.21. The molecular weight excluding hydrogens is 302 g/mol. The molecule has 1 aromatic rings. The molecule has 2 bridgehead atoms. The molecule has 1 saturated carbocycles. The summed E-state index contributed by atoms with van der Waals surface area (Å²) in [6.07, 6.45) is 6.96. The van der Waals surface area contributed by atoms with Crippen LogP contribution in [-0.4, -0.2) is 35.7 Å². The second-order valence-electron chi connectivity index (χ2n) is 7.80. The minimum absolute atomic E-state index is 0.131. The Morgan fingerprint density at radius 1 is 1.12 bits per heavy atom. The summed E-state index contributed by atoms with van der Waals surface area (Å²) in [5.74, 6) is 1.12. The highest BCUT2D eigenvalue weighted by Crippen LogP contribution is 2.50. The molecule has 0 aromatic heterocycles. The fourth-order valence-corrected chi connectivity index (χ4v) is 5.12. The van der Waals surface area contributed by atoms with E-state index in [1.807, 2.05) is 24.3 Å². The van der Waals surface area contributed by atoms with E-state index in [1.165, 1.54) is 12.8 Å². The predicted octanol–water partition coefficient (Wildman–Crippen LogP) is 3.13. The molecule has 1 aliphatic carbocycles. The monoisotopic (exact) mass is 327 g/mol. The van der Waals surface area contributed by atoms with Crippen molar-refractivity contribution in [1.29, 1.82) is 0 Å². The van der Waals surface area contributed by atoms with Crippen molar-refractivity contribution in [3.8, 4) is 5.75 Å². The number of fused-ring (bicyclic) bond motifs is 2. The number of Topliss-reactive ketones (excluding diaryl/α,β-unsaturated/α-hetero) is 2. The van der Waals surface area contributed by atoms with Gasteiger partial charge < -0.3 is 4.74 Å². The van der Waals surface area contributed by atoms with Gasteiger partial charge >= 0.3 is 0 Å². The molecule has 2 atom stereocenters. The fourth-order valence-electron chi connectivity index (χ4n) is 5.12. The standard InChI is InChI=1S/C20H25NO3/c1-24-16-6-4-14(5-7-16)13-21-15-10-17(22)19(21)18(23)12-20(11-15)8-2-3-9-20/h4-7,15,19H,2-3,8-13H2,1H3/t15-,19-/m0/s1. The van der Waals surface area contributed by atoms with Crippen LogP contribution in [0, 0.1) is 5.41 Å². The Balaban J connectivity index is 1.59. The Hall–Kier alpha value is -1.68. The summed E-state index contributed by atoms with van der Waals surface area (Å²) in [5.41, 5.74) is 1.31. The van der Waals surface area contributed by atoms with E-state index in [4.69, 9.17) is 4.74 Å². The van der Waals surface area contributed by atoms with Crippen molar-refractivity contribution in [2.45, 2.75) is 63.6 Å². The number of carbonyl (C=O) groups excluding carboxylic acids is 2. The molecule has 1 spiro atoms. The summed E-state index contributed by atoms with van der Waals surface area (Å²) in [5, 5.41) is 0. The molecule has 4 nitrogen and oxygen atoms in total. The van der Waals surface area contributed by atoms with Gasteiger partial charge in [0.2, 0.25) is 0 Å². The number of rotatable bonds is 3. The SMILES string of the molecule is COc1ccc(CN2[C@H]3CC(=O)[C@H]2C(=O)CC2(CCCC2)C3)cc1. The Bertz CT molecular complexity index is 645. The lowest BCUT2D eigenvalue weighted by atomic mass is 9.74. The lowest BCUT2D eigenvalue weighted by Crippen LogP contribution is -2.40. The van der Waals surface area contributed by atoms with Crippen molar-refractivity contribution in [2.24, 2.45) is 5.41 Å². The number of carbonyl (C=O) groups is 2. The minimum Gasteiger partial charge on any atom is -0.497 e. The number of ketones is 2. The van der Waals surface area contributed by atoms with Crippen molar-refractivity contribution in [2.75, 3.05) is 7.11 Å². The van der Waals surface area contributed by atoms with Crippen LogP contribution >= 0.6 is 0 Å². The lowest BCUT2D eigenvalue weighted by molar-refractivity contribution is -0.131. The van der Waals surface area contributed by atoms with Crippen LogP contribution in [0.15, 0.2) is 24.3 Å². The highest BCUT2D eigenvalue weighted by molar-refractivity contribution is 6.08. The Kier molecular flexibility index (Phi) is 3.95. The van der Waals surface area contributed by atoms with Gasteiger partial charge in [0.05, 0.1) is 7.11 Å². The third-order valence-corrected chi connectivity index (χ3v) is 6.25. The van der Waals surface area contributed by atoms with E-state index in [-0.39, 0.29) is 23.0 Å². The van der Waals surface area contributed by atoms with Crippen LogP contribution in [0.4, 0.5) is 0 Å². The van der Waals surface area contributed by atoms with Crippen LogP contribution in [0.3, 0.4) is 0 Å².